The Balaban J connectivity index is 2.19. The monoisotopic (exact) mass is 350 g/mol. The molecule has 0 aromatic heterocycles. The summed E-state index contributed by atoms with van der Waals surface area (Å²) in [6.45, 7) is 17.6. The fraction of sp³-hybridized carbons (Fsp3) is 0.700. The van der Waals surface area contributed by atoms with E-state index in [1.165, 1.54) is 31.7 Å². The van der Waals surface area contributed by atoms with E-state index in [9.17, 15) is 0 Å². The third-order valence-corrected chi connectivity index (χ3v) is 13.6. The maximum atomic E-state index is 6.26. The molecule has 0 atom stereocenters. The van der Waals surface area contributed by atoms with Gasteiger partial charge in [-0.25, -0.2) is 0 Å². The second-order valence-electron chi connectivity index (χ2n) is 9.02. The fourth-order valence-electron chi connectivity index (χ4n) is 2.60. The van der Waals surface area contributed by atoms with Gasteiger partial charge in [0.2, 0.25) is 0 Å². The number of hydrogen-bond acceptors (Lipinski definition) is 1. The zero-order valence-electron chi connectivity index (χ0n) is 16.5. The highest BCUT2D eigenvalue weighted by molar-refractivity contribution is 6.89. The van der Waals surface area contributed by atoms with Gasteiger partial charge in [0.1, 0.15) is 0 Å². The normalized spacial score (nSPS) is 13.3. The topological polar surface area (TPSA) is 9.23 Å². The van der Waals surface area contributed by atoms with E-state index in [1.807, 2.05) is 0 Å². The van der Waals surface area contributed by atoms with Gasteiger partial charge in [-0.2, -0.15) is 0 Å². The molecule has 0 radical (unpaired) electrons. The van der Waals surface area contributed by atoms with Crippen molar-refractivity contribution in [2.45, 2.75) is 83.7 Å². The van der Waals surface area contributed by atoms with Crippen molar-refractivity contribution in [2.24, 2.45) is 0 Å². The van der Waals surface area contributed by atoms with E-state index < -0.39 is 16.4 Å². The van der Waals surface area contributed by atoms with Crippen molar-refractivity contribution in [3.8, 4) is 0 Å². The molecule has 0 N–H and O–H groups in total. The van der Waals surface area contributed by atoms with Gasteiger partial charge in [0.15, 0.2) is 8.32 Å². The first-order valence-corrected chi connectivity index (χ1v) is 15.4. The molecule has 0 amide bonds. The maximum Gasteiger partial charge on any atom is 0.191 e. The first-order valence-electron chi connectivity index (χ1n) is 9.26. The summed E-state index contributed by atoms with van der Waals surface area (Å²) in [4.78, 5) is 0. The Morgan fingerprint density at radius 3 is 1.96 bits per heavy atom. The van der Waals surface area contributed by atoms with E-state index in [4.69, 9.17) is 4.43 Å². The molecule has 0 fully saturated rings. The highest BCUT2D eigenvalue weighted by Gasteiger charge is 2.36. The standard InChI is InChI=1S/C20H38OSi2/c1-20(2,3)23(6,7)21-17-13-8-9-14-18-22(4,5)19-15-11-10-12-16-19/h10-12,15-16H,8-9,13-14,17-18H2,1-7H3. The summed E-state index contributed by atoms with van der Waals surface area (Å²) >= 11 is 0. The van der Waals surface area contributed by atoms with Crippen LogP contribution in [0.25, 0.3) is 0 Å². The molecule has 1 nitrogen and oxygen atoms in total. The fourth-order valence-corrected chi connectivity index (χ4v) is 6.21. The van der Waals surface area contributed by atoms with Crippen LogP contribution in [0.4, 0.5) is 0 Å². The number of unbranched alkanes of at least 4 members (excludes halogenated alkanes) is 3. The zero-order valence-corrected chi connectivity index (χ0v) is 18.5. The first-order chi connectivity index (χ1) is 10.6. The van der Waals surface area contributed by atoms with Crippen LogP contribution in [0, 0.1) is 0 Å². The molecule has 0 spiro atoms. The average molecular weight is 351 g/mol. The molecule has 0 aliphatic rings. The van der Waals surface area contributed by atoms with E-state index in [2.05, 4.69) is 77.3 Å². The van der Waals surface area contributed by atoms with E-state index in [0.717, 1.165) is 6.61 Å². The van der Waals surface area contributed by atoms with Crippen LogP contribution < -0.4 is 5.19 Å². The SMILES string of the molecule is CC(C)(C)[Si](C)(C)OCCCCCC[Si](C)(C)c1ccccc1. The Bertz CT molecular complexity index is 446. The molecule has 0 saturated heterocycles. The van der Waals surface area contributed by atoms with Gasteiger partial charge >= 0.3 is 0 Å². The molecule has 1 rings (SSSR count). The summed E-state index contributed by atoms with van der Waals surface area (Å²) in [5.41, 5.74) is 0. The van der Waals surface area contributed by atoms with Crippen molar-refractivity contribution in [1.82, 2.24) is 0 Å². The first kappa shape index (κ1) is 20.7. The van der Waals surface area contributed by atoms with E-state index >= 15 is 0 Å². The summed E-state index contributed by atoms with van der Waals surface area (Å²) in [7, 11) is -2.77. The smallest absolute Gasteiger partial charge is 0.191 e. The van der Waals surface area contributed by atoms with Crippen LogP contribution in [-0.2, 0) is 4.43 Å². The summed E-state index contributed by atoms with van der Waals surface area (Å²) in [5, 5.41) is 1.93. The third-order valence-electron chi connectivity index (χ3n) is 5.52. The Hall–Kier alpha value is -0.386. The molecule has 0 heterocycles. The third kappa shape index (κ3) is 6.94. The molecule has 0 aliphatic carbocycles. The molecule has 1 aromatic rings. The van der Waals surface area contributed by atoms with Crippen molar-refractivity contribution >= 4 is 21.6 Å². The Morgan fingerprint density at radius 2 is 1.39 bits per heavy atom. The Labute approximate surface area is 147 Å². The summed E-state index contributed by atoms with van der Waals surface area (Å²) in [6, 6.07) is 12.5. The van der Waals surface area contributed by atoms with Gasteiger partial charge in [0.05, 0.1) is 8.07 Å². The molecule has 3 heteroatoms. The largest absolute Gasteiger partial charge is 0.417 e. The summed E-state index contributed by atoms with van der Waals surface area (Å²) in [5.74, 6) is 0. The highest BCUT2D eigenvalue weighted by Crippen LogP contribution is 2.36. The Morgan fingerprint density at radius 1 is 0.826 bits per heavy atom. The lowest BCUT2D eigenvalue weighted by molar-refractivity contribution is 0.277. The minimum atomic E-state index is -1.54. The number of benzene rings is 1. The predicted octanol–water partition coefficient (Wildman–Crippen LogP) is 6.18. The number of hydrogen-bond donors (Lipinski definition) is 0. The van der Waals surface area contributed by atoms with Gasteiger partial charge in [0.25, 0.3) is 0 Å². The molecule has 0 aliphatic heterocycles. The van der Waals surface area contributed by atoms with Crippen molar-refractivity contribution in [3.05, 3.63) is 30.3 Å². The molecule has 1 aromatic carbocycles. The van der Waals surface area contributed by atoms with E-state index in [-0.39, 0.29) is 0 Å². The Kier molecular flexibility index (Phi) is 7.76. The molecule has 23 heavy (non-hydrogen) atoms. The molecular weight excluding hydrogens is 312 g/mol. The van der Waals surface area contributed by atoms with Crippen LogP contribution in [-0.4, -0.2) is 23.0 Å². The van der Waals surface area contributed by atoms with Crippen LogP contribution in [0.2, 0.25) is 37.3 Å². The van der Waals surface area contributed by atoms with Gasteiger partial charge in [-0.15, -0.1) is 0 Å². The van der Waals surface area contributed by atoms with Gasteiger partial charge in [-0.05, 0) is 24.6 Å². The number of rotatable bonds is 9. The second-order valence-corrected chi connectivity index (χ2v) is 18.7. The van der Waals surface area contributed by atoms with Gasteiger partial charge in [-0.3, -0.25) is 0 Å². The van der Waals surface area contributed by atoms with Crippen molar-refractivity contribution in [1.29, 1.82) is 0 Å². The van der Waals surface area contributed by atoms with Crippen LogP contribution in [0.15, 0.2) is 30.3 Å². The van der Waals surface area contributed by atoms with Crippen LogP contribution in [0.1, 0.15) is 46.5 Å². The van der Waals surface area contributed by atoms with Gasteiger partial charge < -0.3 is 4.43 Å². The van der Waals surface area contributed by atoms with Crippen molar-refractivity contribution < 1.29 is 4.43 Å². The lowest BCUT2D eigenvalue weighted by atomic mass is 10.2. The summed E-state index contributed by atoms with van der Waals surface area (Å²) in [6.07, 6.45) is 5.26. The minimum absolute atomic E-state index is 0.332. The summed E-state index contributed by atoms with van der Waals surface area (Å²) < 4.78 is 6.26. The maximum absolute atomic E-state index is 6.26. The van der Waals surface area contributed by atoms with Crippen LogP contribution >= 0.6 is 0 Å². The quantitative estimate of drug-likeness (QED) is 0.381. The molecule has 132 valence electrons. The van der Waals surface area contributed by atoms with Gasteiger partial charge in [0, 0.05) is 6.61 Å². The van der Waals surface area contributed by atoms with E-state index in [1.54, 1.807) is 5.19 Å². The molecular formula is C20H38OSi2. The average Bonchev–Trinajstić information content (AvgIpc) is 2.46. The lowest BCUT2D eigenvalue weighted by Crippen LogP contribution is -2.41. The van der Waals surface area contributed by atoms with E-state index in [0.29, 0.717) is 5.04 Å². The highest BCUT2D eigenvalue weighted by atomic mass is 28.4. The molecule has 0 saturated carbocycles. The lowest BCUT2D eigenvalue weighted by Gasteiger charge is -2.36. The van der Waals surface area contributed by atoms with Gasteiger partial charge in [-0.1, -0.05) is 94.7 Å². The van der Waals surface area contributed by atoms with Crippen molar-refractivity contribution in [3.63, 3.8) is 0 Å². The van der Waals surface area contributed by atoms with Crippen LogP contribution in [0.3, 0.4) is 0 Å². The minimum Gasteiger partial charge on any atom is -0.417 e. The van der Waals surface area contributed by atoms with Crippen molar-refractivity contribution in [2.75, 3.05) is 6.61 Å². The molecule has 0 unspecified atom stereocenters. The molecule has 0 bridgehead atoms. The predicted molar refractivity (Wildman–Crippen MR) is 110 cm³/mol. The second kappa shape index (κ2) is 8.63. The zero-order chi connectivity index (χ0) is 17.6. The van der Waals surface area contributed by atoms with Crippen LogP contribution in [0.5, 0.6) is 0 Å².